The van der Waals surface area contributed by atoms with Crippen LogP contribution >= 0.6 is 38.5 Å². The average molecular weight is 417 g/mol. The van der Waals surface area contributed by atoms with Crippen molar-refractivity contribution in [3.05, 3.63) is 35.4 Å². The van der Waals surface area contributed by atoms with Crippen LogP contribution in [-0.4, -0.2) is 22.1 Å². The van der Waals surface area contributed by atoms with Crippen molar-refractivity contribution in [3.8, 4) is 0 Å². The van der Waals surface area contributed by atoms with Crippen LogP contribution in [0, 0.1) is 6.92 Å². The van der Waals surface area contributed by atoms with E-state index in [1.54, 1.807) is 53.8 Å². The van der Waals surface area contributed by atoms with Gasteiger partial charge in [-0.15, -0.1) is 0 Å². The maximum atomic E-state index is 12.1. The quantitative estimate of drug-likeness (QED) is 0.432. The van der Waals surface area contributed by atoms with E-state index in [0.717, 1.165) is 11.8 Å². The zero-order chi connectivity index (χ0) is 12.6. The SMILES string of the molecule is Cc1ccccc1C(=O)[C@](Br)(I)S(C)(=O)=O. The second-order valence-corrected chi connectivity index (χ2v) is 11.1. The second kappa shape index (κ2) is 4.73. The van der Waals surface area contributed by atoms with Crippen molar-refractivity contribution in [2.45, 2.75) is 8.59 Å². The number of hydrogen-bond donors (Lipinski definition) is 0. The summed E-state index contributed by atoms with van der Waals surface area (Å²) in [4.78, 5) is 12.1. The monoisotopic (exact) mass is 416 g/mol. The number of sulfone groups is 1. The van der Waals surface area contributed by atoms with E-state index in [1.807, 2.05) is 0 Å². The highest BCUT2D eigenvalue weighted by atomic mass is 127. The first-order chi connectivity index (χ1) is 7.18. The number of Topliss-reactive ketones (excluding diaryl/α,β-unsaturated/α-hetero) is 1. The number of ketones is 1. The molecule has 1 rings (SSSR count). The smallest absolute Gasteiger partial charge is 0.238 e. The Morgan fingerprint density at radius 3 is 2.31 bits per heavy atom. The molecule has 0 saturated carbocycles. The van der Waals surface area contributed by atoms with E-state index < -0.39 is 17.3 Å². The van der Waals surface area contributed by atoms with Crippen LogP contribution in [0.15, 0.2) is 24.3 Å². The number of carbonyl (C=O) groups excluding carboxylic acids is 1. The van der Waals surface area contributed by atoms with Gasteiger partial charge in [0, 0.05) is 11.8 Å². The summed E-state index contributed by atoms with van der Waals surface area (Å²) >= 11 is 4.60. The van der Waals surface area contributed by atoms with Crippen molar-refractivity contribution in [3.63, 3.8) is 0 Å². The minimum Gasteiger partial charge on any atom is -0.290 e. The Balaban J connectivity index is 3.29. The van der Waals surface area contributed by atoms with Gasteiger partial charge in [-0.2, -0.15) is 0 Å². The lowest BCUT2D eigenvalue weighted by Crippen LogP contribution is -2.34. The standard InChI is InChI=1S/C10H10BrIO3S/c1-7-5-3-4-6-8(7)9(13)10(11,12)16(2,14)15/h3-6H,1-2H3/t10-/m0/s1. The number of rotatable bonds is 3. The van der Waals surface area contributed by atoms with Crippen molar-refractivity contribution in [1.29, 1.82) is 0 Å². The normalized spacial score (nSPS) is 15.5. The van der Waals surface area contributed by atoms with Crippen LogP contribution in [0.1, 0.15) is 15.9 Å². The molecule has 0 aromatic heterocycles. The molecule has 0 N–H and O–H groups in total. The van der Waals surface area contributed by atoms with E-state index in [2.05, 4.69) is 15.9 Å². The van der Waals surface area contributed by atoms with E-state index >= 15 is 0 Å². The van der Waals surface area contributed by atoms with Crippen molar-refractivity contribution in [1.82, 2.24) is 0 Å². The van der Waals surface area contributed by atoms with E-state index in [9.17, 15) is 13.2 Å². The predicted octanol–water partition coefficient (Wildman–Crippen LogP) is 2.71. The molecule has 0 bridgehead atoms. The molecule has 3 nitrogen and oxygen atoms in total. The van der Waals surface area contributed by atoms with Gasteiger partial charge in [-0.05, 0) is 51.0 Å². The maximum absolute atomic E-state index is 12.1. The molecule has 0 spiro atoms. The minimum atomic E-state index is -3.51. The van der Waals surface area contributed by atoms with Gasteiger partial charge in [0.05, 0.1) is 0 Å². The third kappa shape index (κ3) is 2.65. The second-order valence-electron chi connectivity index (χ2n) is 3.43. The summed E-state index contributed by atoms with van der Waals surface area (Å²) in [5.41, 5.74) is 1.18. The van der Waals surface area contributed by atoms with Crippen molar-refractivity contribution in [2.24, 2.45) is 0 Å². The van der Waals surface area contributed by atoms with Crippen LogP contribution < -0.4 is 0 Å². The van der Waals surface area contributed by atoms with Gasteiger partial charge in [-0.25, -0.2) is 8.42 Å². The molecule has 0 aliphatic heterocycles. The molecule has 0 unspecified atom stereocenters. The largest absolute Gasteiger partial charge is 0.290 e. The molecule has 1 aromatic carbocycles. The van der Waals surface area contributed by atoms with E-state index in [1.165, 1.54) is 0 Å². The van der Waals surface area contributed by atoms with Crippen molar-refractivity contribution in [2.75, 3.05) is 6.26 Å². The third-order valence-corrected chi connectivity index (χ3v) is 8.25. The molecular formula is C10H10BrIO3S. The first-order valence-corrected chi connectivity index (χ1v) is 8.12. The Bertz CT molecular complexity index is 523. The summed E-state index contributed by atoms with van der Waals surface area (Å²) in [7, 11) is -3.51. The zero-order valence-electron chi connectivity index (χ0n) is 8.70. The Morgan fingerprint density at radius 2 is 1.88 bits per heavy atom. The fraction of sp³-hybridized carbons (Fsp3) is 0.300. The summed E-state index contributed by atoms with van der Waals surface area (Å²) in [6.07, 6.45) is 1.03. The third-order valence-electron chi connectivity index (χ3n) is 2.12. The lowest BCUT2D eigenvalue weighted by Gasteiger charge is -2.17. The lowest BCUT2D eigenvalue weighted by molar-refractivity contribution is 0.101. The fourth-order valence-corrected chi connectivity index (χ4v) is 2.10. The summed E-state index contributed by atoms with van der Waals surface area (Å²) in [5.74, 6) is -0.450. The molecule has 1 atom stereocenters. The van der Waals surface area contributed by atoms with Crippen LogP contribution in [0.2, 0.25) is 0 Å². The fourth-order valence-electron chi connectivity index (χ4n) is 1.15. The van der Waals surface area contributed by atoms with Crippen LogP contribution in [0.25, 0.3) is 0 Å². The lowest BCUT2D eigenvalue weighted by atomic mass is 10.1. The molecule has 0 heterocycles. The number of aryl methyl sites for hydroxylation is 1. The Labute approximate surface area is 117 Å². The van der Waals surface area contributed by atoms with Crippen molar-refractivity contribution >= 4 is 54.1 Å². The summed E-state index contributed by atoms with van der Waals surface area (Å²) in [6.45, 7) is 1.77. The Morgan fingerprint density at radius 1 is 1.38 bits per heavy atom. The maximum Gasteiger partial charge on any atom is 0.238 e. The van der Waals surface area contributed by atoms with Crippen LogP contribution in [-0.2, 0) is 9.84 Å². The number of benzene rings is 1. The molecule has 0 aliphatic carbocycles. The Hall–Kier alpha value is 0.0500. The molecule has 0 fully saturated rings. The molecule has 6 heteroatoms. The number of carbonyl (C=O) groups is 1. The van der Waals surface area contributed by atoms with Gasteiger partial charge in [0.2, 0.25) is 7.45 Å². The number of alkyl halides is 2. The van der Waals surface area contributed by atoms with Crippen molar-refractivity contribution < 1.29 is 13.2 Å². The summed E-state index contributed by atoms with van der Waals surface area (Å²) in [5, 5.41) is 0. The van der Waals surface area contributed by atoms with Gasteiger partial charge in [-0.3, -0.25) is 4.79 Å². The minimum absolute atomic E-state index is 0.416. The molecule has 0 amide bonds. The topological polar surface area (TPSA) is 51.2 Å². The van der Waals surface area contributed by atoms with Crippen LogP contribution in [0.3, 0.4) is 0 Å². The molecular weight excluding hydrogens is 407 g/mol. The molecule has 16 heavy (non-hydrogen) atoms. The van der Waals surface area contributed by atoms with Gasteiger partial charge >= 0.3 is 0 Å². The van der Waals surface area contributed by atoms with Gasteiger partial charge in [0.1, 0.15) is 0 Å². The molecule has 0 aliphatic rings. The van der Waals surface area contributed by atoms with E-state index in [4.69, 9.17) is 0 Å². The molecule has 0 saturated heterocycles. The highest BCUT2D eigenvalue weighted by Crippen LogP contribution is 2.36. The van der Waals surface area contributed by atoms with Gasteiger partial charge in [0.25, 0.3) is 0 Å². The summed E-state index contributed by atoms with van der Waals surface area (Å²) < 4.78 is 21.4. The molecule has 0 radical (unpaired) electrons. The van der Waals surface area contributed by atoms with Crippen LogP contribution in [0.4, 0.5) is 0 Å². The number of halogens is 2. The highest BCUT2D eigenvalue weighted by Gasteiger charge is 2.43. The van der Waals surface area contributed by atoms with Gasteiger partial charge in [0.15, 0.2) is 9.84 Å². The first kappa shape index (κ1) is 14.1. The van der Waals surface area contributed by atoms with E-state index in [0.29, 0.717) is 5.56 Å². The number of hydrogen-bond acceptors (Lipinski definition) is 3. The molecule has 1 aromatic rings. The Kier molecular flexibility index (Phi) is 4.18. The van der Waals surface area contributed by atoms with Gasteiger partial charge in [-0.1, -0.05) is 24.3 Å². The molecule has 88 valence electrons. The average Bonchev–Trinajstić information content (AvgIpc) is 2.15. The van der Waals surface area contributed by atoms with Gasteiger partial charge < -0.3 is 0 Å². The van der Waals surface area contributed by atoms with Crippen LogP contribution in [0.5, 0.6) is 0 Å². The predicted molar refractivity (Wildman–Crippen MR) is 76.0 cm³/mol. The first-order valence-electron chi connectivity index (χ1n) is 4.36. The summed E-state index contributed by atoms with van der Waals surface area (Å²) in [6, 6.07) is 6.91. The highest BCUT2D eigenvalue weighted by molar-refractivity contribution is 14.1. The zero-order valence-corrected chi connectivity index (χ0v) is 13.3. The van der Waals surface area contributed by atoms with E-state index in [-0.39, 0.29) is 0 Å².